The molecular weight excluding hydrogens is 252 g/mol. The Morgan fingerprint density at radius 2 is 2.30 bits per heavy atom. The molecule has 2 heterocycles. The van der Waals surface area contributed by atoms with E-state index in [1.165, 1.54) is 22.1 Å². The Balaban J connectivity index is 1.96. The van der Waals surface area contributed by atoms with E-state index in [9.17, 15) is 9.90 Å². The van der Waals surface area contributed by atoms with E-state index in [4.69, 9.17) is 0 Å². The summed E-state index contributed by atoms with van der Waals surface area (Å²) in [4.78, 5) is 16.8. The van der Waals surface area contributed by atoms with Gasteiger partial charge in [0.05, 0.1) is 5.92 Å². The minimum absolute atomic E-state index is 0.291. The van der Waals surface area contributed by atoms with Gasteiger partial charge in [-0.05, 0) is 36.2 Å². The number of hydrogen-bond donors (Lipinski definition) is 2. The number of fused-ring (bicyclic) bond motifs is 2. The van der Waals surface area contributed by atoms with Crippen molar-refractivity contribution in [3.8, 4) is 0 Å². The Labute approximate surface area is 116 Å². The lowest BCUT2D eigenvalue weighted by molar-refractivity contribution is -0.140. The minimum atomic E-state index is -0.741. The number of aromatic nitrogens is 1. The molecule has 0 radical (unpaired) electrons. The number of carbonyl (C=O) groups is 1. The third-order valence-electron chi connectivity index (χ3n) is 4.59. The van der Waals surface area contributed by atoms with E-state index in [0.717, 1.165) is 11.9 Å². The van der Waals surface area contributed by atoms with Crippen LogP contribution in [0.3, 0.4) is 0 Å². The molecule has 1 aliphatic heterocycles. The van der Waals surface area contributed by atoms with Crippen molar-refractivity contribution >= 4 is 22.4 Å². The van der Waals surface area contributed by atoms with Gasteiger partial charge in [-0.25, -0.2) is 0 Å². The van der Waals surface area contributed by atoms with Gasteiger partial charge in [-0.2, -0.15) is 0 Å². The number of aliphatic carboxylic acids is 1. The molecule has 0 bridgehead atoms. The highest BCUT2D eigenvalue weighted by Gasteiger charge is 2.35. The fourth-order valence-electron chi connectivity index (χ4n) is 3.61. The molecule has 4 rings (SSSR count). The van der Waals surface area contributed by atoms with Gasteiger partial charge in [0.1, 0.15) is 0 Å². The standard InChI is InChI=1S/C16H16N2O2/c1-18-8-10(16(19)20)5-12-11-3-2-4-13-15(11)9(7-17-13)6-14(12)18/h2-5,7,10,14,17H,6,8H2,1H3,(H,19,20)/t10-,14-/m0/s1. The Hall–Kier alpha value is -2.07. The van der Waals surface area contributed by atoms with Crippen molar-refractivity contribution in [3.63, 3.8) is 0 Å². The second kappa shape index (κ2) is 3.96. The first-order valence-corrected chi connectivity index (χ1v) is 6.89. The molecule has 0 fully saturated rings. The van der Waals surface area contributed by atoms with Crippen LogP contribution in [-0.4, -0.2) is 40.6 Å². The van der Waals surface area contributed by atoms with E-state index in [2.05, 4.69) is 28.2 Å². The van der Waals surface area contributed by atoms with Crippen LogP contribution < -0.4 is 0 Å². The first-order chi connectivity index (χ1) is 9.65. The summed E-state index contributed by atoms with van der Waals surface area (Å²) in [5.74, 6) is -1.16. The lowest BCUT2D eigenvalue weighted by Gasteiger charge is -2.38. The van der Waals surface area contributed by atoms with E-state index in [1.54, 1.807) is 0 Å². The number of likely N-dealkylation sites (N-methyl/N-ethyl adjacent to an activating group) is 1. The highest BCUT2D eigenvalue weighted by molar-refractivity contribution is 5.99. The van der Waals surface area contributed by atoms with Gasteiger partial charge in [0.25, 0.3) is 0 Å². The summed E-state index contributed by atoms with van der Waals surface area (Å²) in [6, 6.07) is 6.51. The zero-order valence-electron chi connectivity index (χ0n) is 11.3. The smallest absolute Gasteiger partial charge is 0.311 e. The lowest BCUT2D eigenvalue weighted by atomic mass is 9.80. The third-order valence-corrected chi connectivity index (χ3v) is 4.59. The number of nitrogens with one attached hydrogen (secondary N) is 1. The monoisotopic (exact) mass is 268 g/mol. The van der Waals surface area contributed by atoms with Crippen LogP contribution in [0.5, 0.6) is 0 Å². The van der Waals surface area contributed by atoms with Crippen LogP contribution in [0.2, 0.25) is 0 Å². The van der Waals surface area contributed by atoms with Crippen LogP contribution in [0.1, 0.15) is 11.1 Å². The van der Waals surface area contributed by atoms with Gasteiger partial charge < -0.3 is 10.1 Å². The SMILES string of the molecule is CN1C[C@@H](C(=O)O)C=C2c3cccc4[nH]cc(c34)C[C@@H]21. The molecule has 0 spiro atoms. The Bertz CT molecular complexity index is 744. The quantitative estimate of drug-likeness (QED) is 0.833. The number of aromatic amines is 1. The highest BCUT2D eigenvalue weighted by Crippen LogP contribution is 2.40. The molecule has 2 N–H and O–H groups in total. The number of carboxylic acids is 1. The van der Waals surface area contributed by atoms with Crippen LogP contribution in [0.15, 0.2) is 30.5 Å². The van der Waals surface area contributed by atoms with Crippen LogP contribution in [-0.2, 0) is 11.2 Å². The highest BCUT2D eigenvalue weighted by atomic mass is 16.4. The Morgan fingerprint density at radius 1 is 1.45 bits per heavy atom. The van der Waals surface area contributed by atoms with Crippen molar-refractivity contribution in [1.29, 1.82) is 0 Å². The van der Waals surface area contributed by atoms with Gasteiger partial charge in [0.15, 0.2) is 0 Å². The second-order valence-corrected chi connectivity index (χ2v) is 5.77. The summed E-state index contributed by atoms with van der Waals surface area (Å²) < 4.78 is 0. The van der Waals surface area contributed by atoms with Crippen LogP contribution in [0.25, 0.3) is 16.5 Å². The molecule has 4 nitrogen and oxygen atoms in total. The van der Waals surface area contributed by atoms with E-state index >= 15 is 0 Å². The molecule has 1 aromatic heterocycles. The van der Waals surface area contributed by atoms with Crippen LogP contribution in [0.4, 0.5) is 0 Å². The molecule has 4 heteroatoms. The fourth-order valence-corrected chi connectivity index (χ4v) is 3.61. The zero-order valence-corrected chi connectivity index (χ0v) is 11.3. The van der Waals surface area contributed by atoms with Crippen molar-refractivity contribution in [2.45, 2.75) is 12.5 Å². The Morgan fingerprint density at radius 3 is 3.10 bits per heavy atom. The molecule has 20 heavy (non-hydrogen) atoms. The van der Waals surface area contributed by atoms with Crippen molar-refractivity contribution in [1.82, 2.24) is 9.88 Å². The van der Waals surface area contributed by atoms with Gasteiger partial charge >= 0.3 is 5.97 Å². The summed E-state index contributed by atoms with van der Waals surface area (Å²) in [6.45, 7) is 0.583. The Kier molecular flexibility index (Phi) is 2.32. The molecule has 0 saturated carbocycles. The largest absolute Gasteiger partial charge is 0.481 e. The number of hydrogen-bond acceptors (Lipinski definition) is 2. The number of rotatable bonds is 1. The maximum absolute atomic E-state index is 11.3. The van der Waals surface area contributed by atoms with E-state index in [1.807, 2.05) is 19.2 Å². The normalized spacial score (nSPS) is 25.4. The van der Waals surface area contributed by atoms with Crippen molar-refractivity contribution in [3.05, 3.63) is 41.6 Å². The van der Waals surface area contributed by atoms with Gasteiger partial charge in [-0.1, -0.05) is 18.2 Å². The van der Waals surface area contributed by atoms with E-state index in [0.29, 0.717) is 12.6 Å². The summed E-state index contributed by atoms with van der Waals surface area (Å²) in [5, 5.41) is 10.6. The molecule has 1 aliphatic carbocycles. The number of carboxylic acid groups (broad SMARTS) is 1. The van der Waals surface area contributed by atoms with Crippen LogP contribution in [0, 0.1) is 5.92 Å². The molecule has 102 valence electrons. The number of nitrogens with zero attached hydrogens (tertiary/aromatic N) is 1. The first kappa shape index (κ1) is 11.7. The summed E-state index contributed by atoms with van der Waals surface area (Å²) >= 11 is 0. The molecule has 2 aliphatic rings. The number of benzene rings is 1. The number of H-pyrrole nitrogens is 1. The molecule has 0 saturated heterocycles. The maximum atomic E-state index is 11.3. The van der Waals surface area contributed by atoms with Crippen molar-refractivity contribution in [2.75, 3.05) is 13.6 Å². The molecular formula is C16H16N2O2. The van der Waals surface area contributed by atoms with Gasteiger partial charge in [-0.15, -0.1) is 0 Å². The van der Waals surface area contributed by atoms with Crippen molar-refractivity contribution < 1.29 is 9.90 Å². The topological polar surface area (TPSA) is 56.3 Å². The lowest BCUT2D eigenvalue weighted by Crippen LogP contribution is -2.44. The maximum Gasteiger partial charge on any atom is 0.311 e. The van der Waals surface area contributed by atoms with Gasteiger partial charge in [0.2, 0.25) is 0 Å². The zero-order chi connectivity index (χ0) is 13.9. The third kappa shape index (κ3) is 1.48. The predicted molar refractivity (Wildman–Crippen MR) is 77.5 cm³/mol. The van der Waals surface area contributed by atoms with Gasteiger partial charge in [0, 0.05) is 29.7 Å². The molecule has 2 atom stereocenters. The van der Waals surface area contributed by atoms with Gasteiger partial charge in [-0.3, -0.25) is 9.69 Å². The molecule has 0 amide bonds. The minimum Gasteiger partial charge on any atom is -0.481 e. The average molecular weight is 268 g/mol. The second-order valence-electron chi connectivity index (χ2n) is 5.77. The summed E-state index contributed by atoms with van der Waals surface area (Å²) in [7, 11) is 2.02. The summed E-state index contributed by atoms with van der Waals surface area (Å²) in [5.41, 5.74) is 4.83. The molecule has 1 aromatic carbocycles. The van der Waals surface area contributed by atoms with E-state index < -0.39 is 11.9 Å². The van der Waals surface area contributed by atoms with E-state index in [-0.39, 0.29) is 0 Å². The predicted octanol–water partition coefficient (Wildman–Crippen LogP) is 2.12. The van der Waals surface area contributed by atoms with Crippen molar-refractivity contribution in [2.24, 2.45) is 5.92 Å². The van der Waals surface area contributed by atoms with Crippen LogP contribution >= 0.6 is 0 Å². The first-order valence-electron chi connectivity index (χ1n) is 6.89. The summed E-state index contributed by atoms with van der Waals surface area (Å²) in [6.07, 6.45) is 4.99. The fraction of sp³-hybridized carbons (Fsp3) is 0.312. The molecule has 0 unspecified atom stereocenters. The molecule has 2 aromatic rings. The average Bonchev–Trinajstić information content (AvgIpc) is 2.84.